The maximum atomic E-state index is 12.6. The Morgan fingerprint density at radius 3 is 2.32 bits per heavy atom. The second-order valence-corrected chi connectivity index (χ2v) is 16.1. The van der Waals surface area contributed by atoms with E-state index in [1.54, 1.807) is 5.57 Å². The Kier molecular flexibility index (Phi) is 12.9. The number of ether oxygens (including phenoxy) is 1. The Hall–Kier alpha value is -1.78. The molecule has 4 rings (SSSR count). The minimum atomic E-state index is -0.237. The van der Waals surface area contributed by atoms with Crippen LogP contribution in [0.15, 0.2) is 24.3 Å². The molecule has 44 heavy (non-hydrogen) atoms. The van der Waals surface area contributed by atoms with E-state index in [1.807, 2.05) is 0 Å². The van der Waals surface area contributed by atoms with Crippen LogP contribution < -0.4 is 10.6 Å². The van der Waals surface area contributed by atoms with E-state index in [2.05, 4.69) is 57.9 Å². The quantitative estimate of drug-likeness (QED) is 0.104. The number of nitrogens with one attached hydrogen (secondary N) is 2. The molecule has 5 nitrogen and oxygen atoms in total. The van der Waals surface area contributed by atoms with Gasteiger partial charge in [-0.05, 0) is 110 Å². The number of carbonyl (C=O) groups is 2. The third kappa shape index (κ3) is 8.52. The Morgan fingerprint density at radius 1 is 0.909 bits per heavy atom. The van der Waals surface area contributed by atoms with Crippen LogP contribution in [-0.2, 0) is 9.53 Å². The zero-order valence-corrected chi connectivity index (χ0v) is 29.1. The summed E-state index contributed by atoms with van der Waals surface area (Å²) >= 11 is 0. The van der Waals surface area contributed by atoms with Gasteiger partial charge in [0.1, 0.15) is 6.10 Å². The normalized spacial score (nSPS) is 33.4. The van der Waals surface area contributed by atoms with Crippen molar-refractivity contribution in [1.29, 1.82) is 0 Å². The molecular weight excluding hydrogens is 544 g/mol. The van der Waals surface area contributed by atoms with E-state index in [0.717, 1.165) is 99.8 Å². The molecular formula is C39H66N2O3. The van der Waals surface area contributed by atoms with E-state index in [9.17, 15) is 9.59 Å². The predicted molar refractivity (Wildman–Crippen MR) is 182 cm³/mol. The van der Waals surface area contributed by atoms with Crippen molar-refractivity contribution in [1.82, 2.24) is 10.6 Å². The number of unbranched alkanes of at least 4 members (excludes halogenated alkanes) is 5. The number of hydrogen-bond donors (Lipinski definition) is 2. The maximum Gasteiger partial charge on any atom is 0.407 e. The molecule has 3 fully saturated rings. The molecule has 5 heteroatoms. The van der Waals surface area contributed by atoms with Crippen LogP contribution in [0.2, 0.25) is 0 Å². The average molecular weight is 611 g/mol. The minimum Gasteiger partial charge on any atom is -0.446 e. The van der Waals surface area contributed by atoms with Crippen LogP contribution >= 0.6 is 0 Å². The van der Waals surface area contributed by atoms with Crippen LogP contribution in [0.25, 0.3) is 0 Å². The molecule has 0 aromatic heterocycles. The first-order valence-electron chi connectivity index (χ1n) is 18.6. The Morgan fingerprint density at radius 2 is 1.61 bits per heavy atom. The highest BCUT2D eigenvalue weighted by atomic mass is 16.6. The monoisotopic (exact) mass is 611 g/mol. The molecule has 4 aliphatic carbocycles. The van der Waals surface area contributed by atoms with E-state index >= 15 is 0 Å². The molecule has 0 bridgehead atoms. The summed E-state index contributed by atoms with van der Waals surface area (Å²) < 4.78 is 5.96. The fourth-order valence-electron chi connectivity index (χ4n) is 10.4. The van der Waals surface area contributed by atoms with Crippen molar-refractivity contribution >= 4 is 12.0 Å². The fourth-order valence-corrected chi connectivity index (χ4v) is 10.4. The molecule has 0 aromatic rings. The summed E-state index contributed by atoms with van der Waals surface area (Å²) in [6.07, 6.45) is 24.4. The van der Waals surface area contributed by atoms with Gasteiger partial charge in [0.2, 0.25) is 5.91 Å². The molecule has 3 saturated carbocycles. The number of rotatable bonds is 16. The summed E-state index contributed by atoms with van der Waals surface area (Å²) in [6, 6.07) is 0. The van der Waals surface area contributed by atoms with Gasteiger partial charge in [-0.2, -0.15) is 0 Å². The molecule has 0 radical (unpaired) electrons. The molecule has 0 heterocycles. The van der Waals surface area contributed by atoms with Gasteiger partial charge >= 0.3 is 6.09 Å². The lowest BCUT2D eigenvalue weighted by molar-refractivity contribution is -0.116. The van der Waals surface area contributed by atoms with Crippen molar-refractivity contribution in [3.63, 3.8) is 0 Å². The van der Waals surface area contributed by atoms with Gasteiger partial charge in [-0.25, -0.2) is 4.79 Å². The van der Waals surface area contributed by atoms with E-state index in [0.29, 0.717) is 17.4 Å². The van der Waals surface area contributed by atoms with Crippen molar-refractivity contribution in [2.75, 3.05) is 13.1 Å². The standard InChI is InChI=1S/C39H66N2O3/c1-7-36(42)40-25-12-10-8-9-11-13-26-41-37(43)44-31-21-23-38(5)30(27-31)17-18-32-34-20-19-33(29(4)16-14-15-28(2)3)39(34,6)24-22-35(32)38/h7,17,28-29,31-35H,1,8-16,18-27H2,2-6H3,(H,40,42)(H,41,43)/t29-,31+,32+,33-,34+,35+,38+,39-/m1/s1. The number of alkyl carbamates (subject to hydrolysis) is 1. The van der Waals surface area contributed by atoms with E-state index < -0.39 is 0 Å². The summed E-state index contributed by atoms with van der Waals surface area (Å²) in [5.41, 5.74) is 2.41. The highest BCUT2D eigenvalue weighted by Gasteiger charge is 2.59. The third-order valence-corrected chi connectivity index (χ3v) is 12.9. The first kappa shape index (κ1) is 35.1. The van der Waals surface area contributed by atoms with Crippen LogP contribution in [0.1, 0.15) is 144 Å². The molecule has 0 spiro atoms. The molecule has 0 unspecified atom stereocenters. The molecule has 2 N–H and O–H groups in total. The lowest BCUT2D eigenvalue weighted by Gasteiger charge is -2.58. The Labute approximate surface area is 270 Å². The summed E-state index contributed by atoms with van der Waals surface area (Å²) in [6.45, 7) is 17.4. The Balaban J connectivity index is 1.18. The SMILES string of the molecule is C=CC(=O)NCCCCCCCCNC(=O)O[C@H]1CC[C@@]2(C)C(=CC[C@H]3[C@@H]4CC[C@H]([C@H](C)CCCC(C)C)[C@@]4(C)CC[C@@H]32)C1. The van der Waals surface area contributed by atoms with E-state index in [4.69, 9.17) is 4.74 Å². The lowest BCUT2D eigenvalue weighted by Crippen LogP contribution is -2.51. The highest BCUT2D eigenvalue weighted by Crippen LogP contribution is 2.67. The average Bonchev–Trinajstić information content (AvgIpc) is 3.35. The van der Waals surface area contributed by atoms with Gasteiger partial charge in [0.15, 0.2) is 0 Å². The van der Waals surface area contributed by atoms with Crippen LogP contribution in [0.5, 0.6) is 0 Å². The van der Waals surface area contributed by atoms with Gasteiger partial charge in [0, 0.05) is 19.5 Å². The molecule has 0 aromatic carbocycles. The van der Waals surface area contributed by atoms with Crippen molar-refractivity contribution < 1.29 is 14.3 Å². The zero-order valence-electron chi connectivity index (χ0n) is 29.1. The van der Waals surface area contributed by atoms with Gasteiger partial charge in [0.25, 0.3) is 0 Å². The van der Waals surface area contributed by atoms with Gasteiger partial charge in [0.05, 0.1) is 0 Å². The zero-order chi connectivity index (χ0) is 31.7. The van der Waals surface area contributed by atoms with Crippen molar-refractivity contribution in [2.24, 2.45) is 46.3 Å². The van der Waals surface area contributed by atoms with Crippen molar-refractivity contribution in [3.05, 3.63) is 24.3 Å². The minimum absolute atomic E-state index is 0.0175. The number of fused-ring (bicyclic) bond motifs is 5. The largest absolute Gasteiger partial charge is 0.446 e. The Bertz CT molecular complexity index is 990. The molecule has 0 aliphatic heterocycles. The molecule has 250 valence electrons. The van der Waals surface area contributed by atoms with Crippen LogP contribution in [0, 0.1) is 46.3 Å². The lowest BCUT2D eigenvalue weighted by atomic mass is 9.47. The van der Waals surface area contributed by atoms with Gasteiger partial charge in [-0.3, -0.25) is 4.79 Å². The number of amides is 2. The van der Waals surface area contributed by atoms with Gasteiger partial charge < -0.3 is 15.4 Å². The smallest absolute Gasteiger partial charge is 0.407 e. The van der Waals surface area contributed by atoms with E-state index in [1.165, 1.54) is 57.4 Å². The van der Waals surface area contributed by atoms with Crippen LogP contribution in [0.3, 0.4) is 0 Å². The van der Waals surface area contributed by atoms with Gasteiger partial charge in [-0.15, -0.1) is 0 Å². The predicted octanol–water partition coefficient (Wildman–Crippen LogP) is 9.77. The van der Waals surface area contributed by atoms with E-state index in [-0.39, 0.29) is 18.1 Å². The first-order chi connectivity index (χ1) is 21.1. The summed E-state index contributed by atoms with van der Waals surface area (Å²) in [5, 5.41) is 5.83. The number of carbonyl (C=O) groups excluding carboxylic acids is 2. The van der Waals surface area contributed by atoms with Gasteiger partial charge in [-0.1, -0.05) is 97.8 Å². The summed E-state index contributed by atoms with van der Waals surface area (Å²) in [7, 11) is 0. The first-order valence-corrected chi connectivity index (χ1v) is 18.6. The summed E-state index contributed by atoms with van der Waals surface area (Å²) in [5.74, 6) is 5.03. The van der Waals surface area contributed by atoms with Crippen LogP contribution in [0.4, 0.5) is 4.79 Å². The van der Waals surface area contributed by atoms with Crippen molar-refractivity contribution in [2.45, 2.75) is 150 Å². The van der Waals surface area contributed by atoms with Crippen molar-refractivity contribution in [3.8, 4) is 0 Å². The topological polar surface area (TPSA) is 67.4 Å². The number of hydrogen-bond acceptors (Lipinski definition) is 3. The molecule has 0 saturated heterocycles. The second-order valence-electron chi connectivity index (χ2n) is 16.1. The summed E-state index contributed by atoms with van der Waals surface area (Å²) in [4.78, 5) is 23.8. The number of allylic oxidation sites excluding steroid dienone is 1. The molecule has 2 amide bonds. The molecule has 8 atom stereocenters. The van der Waals surface area contributed by atoms with Crippen LogP contribution in [-0.4, -0.2) is 31.2 Å². The fraction of sp³-hybridized carbons (Fsp3) is 0.846. The highest BCUT2D eigenvalue weighted by molar-refractivity contribution is 5.86. The maximum absolute atomic E-state index is 12.6. The second kappa shape index (κ2) is 16.2. The third-order valence-electron chi connectivity index (χ3n) is 12.9. The molecule has 4 aliphatic rings.